The maximum absolute atomic E-state index is 12.7. The molecule has 2 N–H and O–H groups in total. The fraction of sp³-hybridized carbons (Fsp3) is 0.343. The van der Waals surface area contributed by atoms with Crippen LogP contribution in [0.25, 0.3) is 5.57 Å². The van der Waals surface area contributed by atoms with E-state index in [-0.39, 0.29) is 18.3 Å². The molecule has 224 valence electrons. The Kier molecular flexibility index (Phi) is 16.0. The highest BCUT2D eigenvalue weighted by molar-refractivity contribution is 7.99. The zero-order valence-corrected chi connectivity index (χ0v) is 26.3. The van der Waals surface area contributed by atoms with E-state index < -0.39 is 0 Å². The lowest BCUT2D eigenvalue weighted by molar-refractivity contribution is -0.113. The van der Waals surface area contributed by atoms with Crippen molar-refractivity contribution < 1.29 is 14.7 Å². The average Bonchev–Trinajstić information content (AvgIpc) is 3.54. The number of allylic oxidation sites excluding steroid dienone is 6. The van der Waals surface area contributed by atoms with Gasteiger partial charge in [0, 0.05) is 47.8 Å². The molecule has 2 aromatic carbocycles. The van der Waals surface area contributed by atoms with E-state index in [0.29, 0.717) is 11.4 Å². The van der Waals surface area contributed by atoms with Crippen LogP contribution >= 0.6 is 11.8 Å². The van der Waals surface area contributed by atoms with Crippen LogP contribution < -0.4 is 5.32 Å². The molecular weight excluding hydrogens is 542 g/mol. The van der Waals surface area contributed by atoms with Gasteiger partial charge in [0.1, 0.15) is 5.82 Å². The number of carbonyl (C=O) groups is 2. The molecular formula is C35H45N3O3S. The molecule has 0 aromatic heterocycles. The Balaban J connectivity index is 0.000000661. The van der Waals surface area contributed by atoms with Gasteiger partial charge in [-0.05, 0) is 98.7 Å². The van der Waals surface area contributed by atoms with Crippen molar-refractivity contribution in [1.29, 1.82) is 0 Å². The van der Waals surface area contributed by atoms with Crippen LogP contribution in [0.5, 0.6) is 0 Å². The number of amides is 1. The average molecular weight is 588 g/mol. The Morgan fingerprint density at radius 2 is 1.67 bits per heavy atom. The molecule has 7 heteroatoms. The predicted molar refractivity (Wildman–Crippen MR) is 179 cm³/mol. The summed E-state index contributed by atoms with van der Waals surface area (Å²) in [6, 6.07) is 15.8. The van der Waals surface area contributed by atoms with E-state index in [2.05, 4.69) is 55.0 Å². The number of hydrogen-bond acceptors (Lipinski definition) is 6. The van der Waals surface area contributed by atoms with Crippen molar-refractivity contribution in [3.63, 3.8) is 0 Å². The molecule has 0 atom stereocenters. The van der Waals surface area contributed by atoms with E-state index in [1.54, 1.807) is 24.9 Å². The maximum atomic E-state index is 12.7. The Bertz CT molecular complexity index is 1270. The van der Waals surface area contributed by atoms with Crippen LogP contribution in [0, 0.1) is 0 Å². The molecule has 0 unspecified atom stereocenters. The number of Topliss-reactive ketones (excluding diaryl/α,β-unsaturated/α-hetero) is 1. The third-order valence-electron chi connectivity index (χ3n) is 6.35. The Morgan fingerprint density at radius 1 is 1.02 bits per heavy atom. The third kappa shape index (κ3) is 12.5. The van der Waals surface area contributed by atoms with E-state index in [1.807, 2.05) is 60.4 Å². The van der Waals surface area contributed by atoms with Crippen molar-refractivity contribution in [1.82, 2.24) is 4.90 Å². The Hall–Kier alpha value is -3.68. The van der Waals surface area contributed by atoms with Crippen molar-refractivity contribution in [3.05, 3.63) is 102 Å². The molecule has 3 rings (SSSR count). The summed E-state index contributed by atoms with van der Waals surface area (Å²) in [7, 11) is 0. The molecule has 0 radical (unpaired) electrons. The number of aliphatic imine (C=N–C) groups is 1. The molecule has 1 aliphatic rings. The maximum Gasteiger partial charge on any atom is 0.253 e. The molecule has 0 bridgehead atoms. The van der Waals surface area contributed by atoms with Gasteiger partial charge in [0.15, 0.2) is 5.78 Å². The van der Waals surface area contributed by atoms with E-state index in [4.69, 9.17) is 5.11 Å². The number of thioether (sulfide) groups is 1. The molecule has 42 heavy (non-hydrogen) atoms. The summed E-state index contributed by atoms with van der Waals surface area (Å²) >= 11 is 1.75. The molecule has 0 heterocycles. The summed E-state index contributed by atoms with van der Waals surface area (Å²) in [6.45, 7) is 13.6. The topological polar surface area (TPSA) is 82.0 Å². The summed E-state index contributed by atoms with van der Waals surface area (Å²) in [5, 5.41) is 12.1. The van der Waals surface area contributed by atoms with Gasteiger partial charge in [-0.2, -0.15) is 0 Å². The van der Waals surface area contributed by atoms with Crippen molar-refractivity contribution in [3.8, 4) is 0 Å². The number of nitrogens with zero attached hydrogens (tertiary/aromatic N) is 2. The number of anilines is 1. The minimum absolute atomic E-state index is 0.0736. The normalized spacial score (nSPS) is 12.5. The highest BCUT2D eigenvalue weighted by Gasteiger charge is 2.14. The highest BCUT2D eigenvalue weighted by atomic mass is 32.2. The first-order valence-corrected chi connectivity index (χ1v) is 15.5. The smallest absolute Gasteiger partial charge is 0.253 e. The van der Waals surface area contributed by atoms with Crippen molar-refractivity contribution in [2.45, 2.75) is 58.3 Å². The minimum atomic E-state index is 0.0736. The summed E-state index contributed by atoms with van der Waals surface area (Å²) in [5.41, 5.74) is 4.70. The Labute approximate surface area is 256 Å². The molecule has 0 spiro atoms. The quantitative estimate of drug-likeness (QED) is 0.126. The molecule has 2 aromatic rings. The second-order valence-corrected chi connectivity index (χ2v) is 11.1. The number of rotatable bonds is 15. The summed E-state index contributed by atoms with van der Waals surface area (Å²) < 4.78 is 0. The van der Waals surface area contributed by atoms with Gasteiger partial charge >= 0.3 is 0 Å². The van der Waals surface area contributed by atoms with E-state index >= 15 is 0 Å². The number of carbonyl (C=O) groups excluding carboxylic acids is 2. The monoisotopic (exact) mass is 587 g/mol. The minimum Gasteiger partial charge on any atom is -0.396 e. The number of benzene rings is 2. The largest absolute Gasteiger partial charge is 0.396 e. The zero-order valence-electron chi connectivity index (χ0n) is 25.4. The Morgan fingerprint density at radius 3 is 2.19 bits per heavy atom. The van der Waals surface area contributed by atoms with E-state index in [0.717, 1.165) is 66.9 Å². The van der Waals surface area contributed by atoms with Crippen LogP contribution in [0.1, 0.15) is 69.3 Å². The molecule has 0 fully saturated rings. The van der Waals surface area contributed by atoms with Crippen LogP contribution in [0.15, 0.2) is 101 Å². The van der Waals surface area contributed by atoms with Gasteiger partial charge in [0.25, 0.3) is 5.91 Å². The standard InChI is InChI=1S/C28H37N3O2S.C7H8O/c1-5-18-31(19-6-2)28(33)25-8-12-26(13-9-25)30-23(4)29-17-16-22(3)24-10-14-27(15-11-24)34-21-7-20-32;1-6(8)7-4-2-3-5-7/h8-17,30,32H,4-7,18-21H2,1-3H3;2-4H,5H2,1H3/b22-16+,29-17-;. The number of aliphatic hydroxyl groups excluding tert-OH is 1. The van der Waals surface area contributed by atoms with Crippen molar-refractivity contribution >= 4 is 40.9 Å². The number of nitrogens with one attached hydrogen (secondary N) is 1. The number of hydrogen-bond donors (Lipinski definition) is 2. The molecule has 6 nitrogen and oxygen atoms in total. The lowest BCUT2D eigenvalue weighted by atomic mass is 10.1. The number of aliphatic hydroxyl groups is 1. The summed E-state index contributed by atoms with van der Waals surface area (Å²) in [6.07, 6.45) is 13.0. The molecule has 0 saturated heterocycles. The fourth-order valence-corrected chi connectivity index (χ4v) is 4.88. The lowest BCUT2D eigenvalue weighted by Crippen LogP contribution is -2.32. The lowest BCUT2D eigenvalue weighted by Gasteiger charge is -2.21. The van der Waals surface area contributed by atoms with Gasteiger partial charge in [-0.15, -0.1) is 11.8 Å². The zero-order chi connectivity index (χ0) is 30.7. The predicted octanol–water partition coefficient (Wildman–Crippen LogP) is 7.94. The van der Waals surface area contributed by atoms with Crippen LogP contribution in [0.2, 0.25) is 0 Å². The van der Waals surface area contributed by atoms with Gasteiger partial charge < -0.3 is 15.3 Å². The SMILES string of the molecule is C=C(/N=C\C=C(/C)c1ccc(SCCCO)cc1)Nc1ccc(C(=O)N(CCC)CCC)cc1.CC(=O)C1=CC=CC1. The van der Waals surface area contributed by atoms with Gasteiger partial charge in [-0.1, -0.05) is 50.8 Å². The molecule has 0 saturated carbocycles. The molecule has 1 aliphatic carbocycles. The fourth-order valence-electron chi connectivity index (χ4n) is 4.04. The van der Waals surface area contributed by atoms with Crippen LogP contribution in [-0.4, -0.2) is 53.4 Å². The third-order valence-corrected chi connectivity index (χ3v) is 7.45. The van der Waals surface area contributed by atoms with Crippen molar-refractivity contribution in [2.75, 3.05) is 30.8 Å². The van der Waals surface area contributed by atoms with Crippen LogP contribution in [0.4, 0.5) is 5.69 Å². The second-order valence-electron chi connectivity index (χ2n) is 9.90. The van der Waals surface area contributed by atoms with Crippen LogP contribution in [0.3, 0.4) is 0 Å². The van der Waals surface area contributed by atoms with Gasteiger partial charge in [-0.3, -0.25) is 9.59 Å². The summed E-state index contributed by atoms with van der Waals surface area (Å²) in [5.74, 6) is 1.71. The van der Waals surface area contributed by atoms with Crippen molar-refractivity contribution in [2.24, 2.45) is 4.99 Å². The second kappa shape index (κ2) is 19.4. The van der Waals surface area contributed by atoms with Gasteiger partial charge in [0.05, 0.1) is 0 Å². The van der Waals surface area contributed by atoms with E-state index in [9.17, 15) is 9.59 Å². The van der Waals surface area contributed by atoms with E-state index in [1.165, 1.54) is 4.90 Å². The summed E-state index contributed by atoms with van der Waals surface area (Å²) in [4.78, 5) is 30.7. The van der Waals surface area contributed by atoms with Gasteiger partial charge in [0.2, 0.25) is 0 Å². The highest BCUT2D eigenvalue weighted by Crippen LogP contribution is 2.22. The first-order valence-electron chi connectivity index (χ1n) is 14.6. The first-order chi connectivity index (χ1) is 20.3. The molecule has 0 aliphatic heterocycles. The molecule has 1 amide bonds. The van der Waals surface area contributed by atoms with Crippen LogP contribution in [-0.2, 0) is 4.79 Å². The number of ketones is 1. The van der Waals surface area contributed by atoms with Gasteiger partial charge in [-0.25, -0.2) is 4.99 Å². The first kappa shape index (κ1) is 34.5.